The first-order valence-corrected chi connectivity index (χ1v) is 11.6. The van der Waals surface area contributed by atoms with E-state index in [1.165, 1.54) is 5.56 Å². The maximum atomic E-state index is 13.0. The predicted molar refractivity (Wildman–Crippen MR) is 126 cm³/mol. The fourth-order valence-corrected chi connectivity index (χ4v) is 4.53. The van der Waals surface area contributed by atoms with Gasteiger partial charge in [-0.2, -0.15) is 0 Å². The summed E-state index contributed by atoms with van der Waals surface area (Å²) < 4.78 is 10.8. The van der Waals surface area contributed by atoms with Crippen LogP contribution in [-0.2, 0) is 20.9 Å². The zero-order valence-corrected chi connectivity index (χ0v) is 19.5. The molecule has 0 radical (unpaired) electrons. The number of hydrogen-bond acceptors (Lipinski definition) is 5. The van der Waals surface area contributed by atoms with Crippen molar-refractivity contribution in [2.75, 3.05) is 46.5 Å². The molecular weight excluding hydrogens is 418 g/mol. The zero-order valence-electron chi connectivity index (χ0n) is 19.5. The van der Waals surface area contributed by atoms with Gasteiger partial charge in [0.25, 0.3) is 0 Å². The van der Waals surface area contributed by atoms with Crippen LogP contribution in [-0.4, -0.2) is 68.1 Å². The molecule has 7 nitrogen and oxygen atoms in total. The van der Waals surface area contributed by atoms with Crippen LogP contribution in [0.15, 0.2) is 48.5 Å². The van der Waals surface area contributed by atoms with E-state index in [0.29, 0.717) is 32.8 Å². The molecule has 0 bridgehead atoms. The Morgan fingerprint density at radius 3 is 2.48 bits per heavy atom. The molecule has 33 heavy (non-hydrogen) atoms. The second-order valence-electron chi connectivity index (χ2n) is 8.84. The van der Waals surface area contributed by atoms with Crippen molar-refractivity contribution < 1.29 is 19.1 Å². The Balaban J connectivity index is 1.37. The number of methoxy groups -OCH3 is 1. The van der Waals surface area contributed by atoms with Crippen LogP contribution in [0.3, 0.4) is 0 Å². The Labute approximate surface area is 195 Å². The van der Waals surface area contributed by atoms with Crippen LogP contribution in [0.25, 0.3) is 0 Å². The molecule has 2 amide bonds. The lowest BCUT2D eigenvalue weighted by Crippen LogP contribution is -2.45. The van der Waals surface area contributed by atoms with E-state index in [1.807, 2.05) is 55.5 Å². The summed E-state index contributed by atoms with van der Waals surface area (Å²) in [6.45, 7) is 6.55. The quantitative estimate of drug-likeness (QED) is 0.668. The number of amides is 2. The van der Waals surface area contributed by atoms with E-state index in [2.05, 4.69) is 10.2 Å². The number of nitrogens with one attached hydrogen (secondary N) is 1. The molecule has 2 aliphatic heterocycles. The van der Waals surface area contributed by atoms with Gasteiger partial charge in [0, 0.05) is 39.1 Å². The van der Waals surface area contributed by atoms with Crippen molar-refractivity contribution in [2.45, 2.75) is 25.9 Å². The topological polar surface area (TPSA) is 71.1 Å². The summed E-state index contributed by atoms with van der Waals surface area (Å²) in [5, 5.41) is 3.13. The van der Waals surface area contributed by atoms with Crippen LogP contribution >= 0.6 is 0 Å². The van der Waals surface area contributed by atoms with Gasteiger partial charge in [-0.05, 0) is 30.2 Å². The van der Waals surface area contributed by atoms with E-state index >= 15 is 0 Å². The van der Waals surface area contributed by atoms with Crippen molar-refractivity contribution in [1.29, 1.82) is 0 Å². The lowest BCUT2D eigenvalue weighted by molar-refractivity contribution is -0.129. The van der Waals surface area contributed by atoms with E-state index in [4.69, 9.17) is 9.47 Å². The standard InChI is InChI=1S/C26H33N3O4/c1-19-3-5-20(6-4-19)17-29-18-22(15-25(29)30)26(31)27-16-24(28-11-13-33-14-12-28)21-7-9-23(32-2)10-8-21/h3-10,22,24H,11-18H2,1-2H3,(H,27,31). The number of benzene rings is 2. The van der Waals surface area contributed by atoms with Crippen LogP contribution in [0.5, 0.6) is 5.75 Å². The van der Waals surface area contributed by atoms with Gasteiger partial charge in [-0.1, -0.05) is 42.0 Å². The molecule has 2 aromatic rings. The van der Waals surface area contributed by atoms with Gasteiger partial charge < -0.3 is 19.7 Å². The number of carbonyl (C=O) groups excluding carboxylic acids is 2. The molecule has 2 atom stereocenters. The van der Waals surface area contributed by atoms with Gasteiger partial charge in [0.05, 0.1) is 32.3 Å². The highest BCUT2D eigenvalue weighted by Crippen LogP contribution is 2.25. The molecule has 0 aliphatic carbocycles. The van der Waals surface area contributed by atoms with Gasteiger partial charge in [0.15, 0.2) is 0 Å². The number of ether oxygens (including phenoxy) is 2. The molecule has 176 valence electrons. The fraction of sp³-hybridized carbons (Fsp3) is 0.462. The SMILES string of the molecule is COc1ccc(C(CNC(=O)C2CC(=O)N(Cc3ccc(C)cc3)C2)N2CCOCC2)cc1. The van der Waals surface area contributed by atoms with E-state index in [9.17, 15) is 9.59 Å². The first-order chi connectivity index (χ1) is 16.0. The van der Waals surface area contributed by atoms with Crippen LogP contribution in [0.4, 0.5) is 0 Å². The number of nitrogens with zero attached hydrogens (tertiary/aromatic N) is 2. The van der Waals surface area contributed by atoms with Gasteiger partial charge in [-0.25, -0.2) is 0 Å². The molecule has 2 aromatic carbocycles. The maximum absolute atomic E-state index is 13.0. The van der Waals surface area contributed by atoms with Crippen molar-refractivity contribution in [3.05, 3.63) is 65.2 Å². The smallest absolute Gasteiger partial charge is 0.225 e. The molecule has 1 N–H and O–H groups in total. The first kappa shape index (κ1) is 23.3. The Morgan fingerprint density at radius 1 is 1.12 bits per heavy atom. The van der Waals surface area contributed by atoms with Gasteiger partial charge >= 0.3 is 0 Å². The molecule has 0 spiro atoms. The summed E-state index contributed by atoms with van der Waals surface area (Å²) in [7, 11) is 1.65. The van der Waals surface area contributed by atoms with E-state index in [1.54, 1.807) is 12.0 Å². The highest BCUT2D eigenvalue weighted by Gasteiger charge is 2.34. The largest absolute Gasteiger partial charge is 0.497 e. The molecule has 7 heteroatoms. The highest BCUT2D eigenvalue weighted by molar-refractivity contribution is 5.89. The number of rotatable bonds is 8. The van der Waals surface area contributed by atoms with Crippen LogP contribution in [0.2, 0.25) is 0 Å². The summed E-state index contributed by atoms with van der Waals surface area (Å²) in [6, 6.07) is 16.2. The molecule has 0 aromatic heterocycles. The van der Waals surface area contributed by atoms with Crippen molar-refractivity contribution >= 4 is 11.8 Å². The van der Waals surface area contributed by atoms with Gasteiger partial charge in [0.2, 0.25) is 11.8 Å². The average Bonchev–Trinajstić information content (AvgIpc) is 3.22. The summed E-state index contributed by atoms with van der Waals surface area (Å²) in [4.78, 5) is 29.7. The lowest BCUT2D eigenvalue weighted by atomic mass is 10.0. The molecule has 4 rings (SSSR count). The third-order valence-electron chi connectivity index (χ3n) is 6.54. The lowest BCUT2D eigenvalue weighted by Gasteiger charge is -2.35. The number of aryl methyl sites for hydroxylation is 1. The van der Waals surface area contributed by atoms with Gasteiger partial charge in [-0.3, -0.25) is 14.5 Å². The fourth-order valence-electron chi connectivity index (χ4n) is 4.53. The molecule has 2 fully saturated rings. The Morgan fingerprint density at radius 2 is 1.82 bits per heavy atom. The van der Waals surface area contributed by atoms with Crippen LogP contribution in [0, 0.1) is 12.8 Å². The molecular formula is C26H33N3O4. The molecule has 2 unspecified atom stereocenters. The minimum absolute atomic E-state index is 0.0376. The average molecular weight is 452 g/mol. The molecule has 2 aliphatic rings. The zero-order chi connectivity index (χ0) is 23.2. The van der Waals surface area contributed by atoms with Crippen LogP contribution < -0.4 is 10.1 Å². The number of hydrogen-bond donors (Lipinski definition) is 1. The summed E-state index contributed by atoms with van der Waals surface area (Å²) in [5.41, 5.74) is 3.40. The second-order valence-corrected chi connectivity index (χ2v) is 8.84. The maximum Gasteiger partial charge on any atom is 0.225 e. The number of morpholine rings is 1. The third-order valence-corrected chi connectivity index (χ3v) is 6.54. The normalized spacial score (nSPS) is 20.0. The first-order valence-electron chi connectivity index (χ1n) is 11.6. The van der Waals surface area contributed by atoms with Crippen molar-refractivity contribution in [2.24, 2.45) is 5.92 Å². The Kier molecular flexibility index (Phi) is 7.62. The number of carbonyl (C=O) groups is 2. The van der Waals surface area contributed by atoms with Gasteiger partial charge in [-0.15, -0.1) is 0 Å². The Bertz CT molecular complexity index is 939. The van der Waals surface area contributed by atoms with E-state index < -0.39 is 0 Å². The monoisotopic (exact) mass is 451 g/mol. The van der Waals surface area contributed by atoms with Crippen molar-refractivity contribution in [3.8, 4) is 5.75 Å². The predicted octanol–water partition coefficient (Wildman–Crippen LogP) is 2.54. The molecule has 2 saturated heterocycles. The molecule has 0 saturated carbocycles. The summed E-state index contributed by atoms with van der Waals surface area (Å²) in [5.74, 6) is 0.475. The van der Waals surface area contributed by atoms with Gasteiger partial charge in [0.1, 0.15) is 5.75 Å². The van der Waals surface area contributed by atoms with Crippen molar-refractivity contribution in [1.82, 2.24) is 15.1 Å². The van der Waals surface area contributed by atoms with Crippen molar-refractivity contribution in [3.63, 3.8) is 0 Å². The van der Waals surface area contributed by atoms with E-state index in [-0.39, 0.29) is 30.2 Å². The van der Waals surface area contributed by atoms with E-state index in [0.717, 1.165) is 30.0 Å². The highest BCUT2D eigenvalue weighted by atomic mass is 16.5. The summed E-state index contributed by atoms with van der Waals surface area (Å²) >= 11 is 0. The Hall–Kier alpha value is -2.90. The minimum atomic E-state index is -0.316. The number of likely N-dealkylation sites (tertiary alicyclic amines) is 1. The second kappa shape index (κ2) is 10.8. The summed E-state index contributed by atoms with van der Waals surface area (Å²) in [6.07, 6.45) is 0.266. The third kappa shape index (κ3) is 5.92. The minimum Gasteiger partial charge on any atom is -0.497 e. The molecule has 2 heterocycles. The van der Waals surface area contributed by atoms with Crippen LogP contribution in [0.1, 0.15) is 29.2 Å².